The number of hydrogen-bond acceptors (Lipinski definition) is 5. The summed E-state index contributed by atoms with van der Waals surface area (Å²) in [6.45, 7) is 2.76. The Kier molecular flexibility index (Phi) is 6.40. The van der Waals surface area contributed by atoms with Crippen molar-refractivity contribution in [1.29, 1.82) is 0 Å². The number of nitrogens with zero attached hydrogens (tertiary/aromatic N) is 1. The number of nitrogens with two attached hydrogens (primary N) is 1. The molecule has 112 valence electrons. The van der Waals surface area contributed by atoms with Crippen molar-refractivity contribution in [1.82, 2.24) is 9.71 Å². The minimum Gasteiger partial charge on any atom is -0.384 e. The van der Waals surface area contributed by atoms with Gasteiger partial charge in [-0.1, -0.05) is 0 Å². The molecule has 0 saturated carbocycles. The number of amides is 1. The zero-order chi connectivity index (χ0) is 15.0. The summed E-state index contributed by atoms with van der Waals surface area (Å²) in [5.41, 5.74) is 5.53. The maximum absolute atomic E-state index is 12.1. The lowest BCUT2D eigenvalue weighted by Gasteiger charge is -2.11. The molecule has 0 unspecified atom stereocenters. The molecule has 20 heavy (non-hydrogen) atoms. The van der Waals surface area contributed by atoms with E-state index in [0.29, 0.717) is 25.1 Å². The molecule has 4 N–H and O–H groups in total. The number of anilines is 1. The molecule has 0 aliphatic carbocycles. The molecule has 0 radical (unpaired) electrons. The quantitative estimate of drug-likeness (QED) is 0.573. The molecule has 0 aromatic carbocycles. The summed E-state index contributed by atoms with van der Waals surface area (Å²) in [5, 5.41) is 2.98. The highest BCUT2D eigenvalue weighted by molar-refractivity contribution is 7.89. The zero-order valence-electron chi connectivity index (χ0n) is 11.4. The average Bonchev–Trinajstić information content (AvgIpc) is 2.38. The summed E-state index contributed by atoms with van der Waals surface area (Å²) in [6, 6.07) is 1.62. The van der Waals surface area contributed by atoms with E-state index < -0.39 is 10.0 Å². The Morgan fingerprint density at radius 3 is 2.80 bits per heavy atom. The van der Waals surface area contributed by atoms with Crippen molar-refractivity contribution in [3.63, 3.8) is 0 Å². The van der Waals surface area contributed by atoms with Crippen LogP contribution >= 0.6 is 0 Å². The first-order valence-corrected chi connectivity index (χ1v) is 7.91. The van der Waals surface area contributed by atoms with E-state index in [4.69, 9.17) is 5.73 Å². The Hall–Kier alpha value is -1.67. The van der Waals surface area contributed by atoms with Crippen LogP contribution in [0.5, 0.6) is 0 Å². The molecule has 1 amide bonds. The number of carbonyl (C=O) groups excluding carboxylic acids is 1. The van der Waals surface area contributed by atoms with E-state index in [-0.39, 0.29) is 23.8 Å². The number of nitrogens with one attached hydrogen (secondary N) is 2. The number of unbranched alkanes of at least 4 members (excludes halogenated alkanes) is 1. The van der Waals surface area contributed by atoms with E-state index in [2.05, 4.69) is 15.0 Å². The van der Waals surface area contributed by atoms with Crippen molar-refractivity contribution < 1.29 is 13.2 Å². The lowest BCUT2D eigenvalue weighted by atomic mass is 10.2. The molecule has 0 fully saturated rings. The lowest BCUT2D eigenvalue weighted by Crippen LogP contribution is -2.26. The van der Waals surface area contributed by atoms with Gasteiger partial charge in [0, 0.05) is 31.9 Å². The normalized spacial score (nSPS) is 11.2. The third kappa shape index (κ3) is 5.14. The number of hydrogen-bond donors (Lipinski definition) is 3. The van der Waals surface area contributed by atoms with Crippen LogP contribution in [0.1, 0.15) is 26.2 Å². The van der Waals surface area contributed by atoms with E-state index in [0.717, 1.165) is 0 Å². The number of primary amides is 1. The standard InChI is InChI=1S/C12H20N4O3S/c1-2-15-10-6-8-14-9-11(10)20(18,19)16-7-4-3-5-12(13)17/h6,8-9,16H,2-5,7H2,1H3,(H2,13,17)(H,14,15). The van der Waals surface area contributed by atoms with Crippen LogP contribution < -0.4 is 15.8 Å². The molecule has 1 aromatic rings. The highest BCUT2D eigenvalue weighted by Gasteiger charge is 2.17. The fraction of sp³-hybridized carbons (Fsp3) is 0.500. The van der Waals surface area contributed by atoms with Crippen molar-refractivity contribution in [3.8, 4) is 0 Å². The van der Waals surface area contributed by atoms with Gasteiger partial charge in [0.2, 0.25) is 15.9 Å². The van der Waals surface area contributed by atoms with Gasteiger partial charge in [-0.2, -0.15) is 0 Å². The Morgan fingerprint density at radius 1 is 1.40 bits per heavy atom. The van der Waals surface area contributed by atoms with Crippen molar-refractivity contribution in [2.75, 3.05) is 18.4 Å². The number of pyridine rings is 1. The van der Waals surface area contributed by atoms with Crippen LogP contribution in [0, 0.1) is 0 Å². The van der Waals surface area contributed by atoms with Gasteiger partial charge < -0.3 is 11.1 Å². The summed E-state index contributed by atoms with van der Waals surface area (Å²) in [5.74, 6) is -0.380. The second-order valence-corrected chi connectivity index (χ2v) is 5.96. The molecule has 8 heteroatoms. The second-order valence-electron chi connectivity index (χ2n) is 4.22. The summed E-state index contributed by atoms with van der Waals surface area (Å²) in [6.07, 6.45) is 4.22. The van der Waals surface area contributed by atoms with Crippen LogP contribution in [0.4, 0.5) is 5.69 Å². The molecule has 1 heterocycles. The van der Waals surface area contributed by atoms with Gasteiger partial charge in [-0.25, -0.2) is 13.1 Å². The van der Waals surface area contributed by atoms with Gasteiger partial charge in [-0.15, -0.1) is 0 Å². The molecule has 0 aliphatic rings. The molecule has 0 aliphatic heterocycles. The van der Waals surface area contributed by atoms with Gasteiger partial charge in [0.1, 0.15) is 4.90 Å². The molecule has 0 atom stereocenters. The number of carbonyl (C=O) groups is 1. The maximum atomic E-state index is 12.1. The molecule has 1 rings (SSSR count). The highest BCUT2D eigenvalue weighted by atomic mass is 32.2. The van der Waals surface area contributed by atoms with Crippen LogP contribution in [0.25, 0.3) is 0 Å². The minimum absolute atomic E-state index is 0.122. The van der Waals surface area contributed by atoms with Crippen LogP contribution in [0.15, 0.2) is 23.4 Å². The molecule has 7 nitrogen and oxygen atoms in total. The first kappa shape index (κ1) is 16.4. The minimum atomic E-state index is -3.61. The molecular weight excluding hydrogens is 280 g/mol. The largest absolute Gasteiger partial charge is 0.384 e. The van der Waals surface area contributed by atoms with Gasteiger partial charge in [-0.05, 0) is 25.8 Å². The smallest absolute Gasteiger partial charge is 0.244 e. The summed E-state index contributed by atoms with van der Waals surface area (Å²) < 4.78 is 26.8. The number of rotatable bonds is 9. The van der Waals surface area contributed by atoms with Crippen LogP contribution in [0.3, 0.4) is 0 Å². The predicted octanol–water partition coefficient (Wildman–Crippen LogP) is 0.447. The number of sulfonamides is 1. The van der Waals surface area contributed by atoms with Gasteiger partial charge >= 0.3 is 0 Å². The van der Waals surface area contributed by atoms with E-state index in [9.17, 15) is 13.2 Å². The molecular formula is C12H20N4O3S. The Bertz CT molecular complexity index is 545. The Balaban J connectivity index is 2.62. The predicted molar refractivity (Wildman–Crippen MR) is 76.6 cm³/mol. The fourth-order valence-corrected chi connectivity index (χ4v) is 2.84. The van der Waals surface area contributed by atoms with E-state index >= 15 is 0 Å². The first-order chi connectivity index (χ1) is 9.47. The molecule has 0 bridgehead atoms. The summed E-state index contributed by atoms with van der Waals surface area (Å²) in [4.78, 5) is 14.5. The second kappa shape index (κ2) is 7.81. The zero-order valence-corrected chi connectivity index (χ0v) is 12.2. The third-order valence-electron chi connectivity index (χ3n) is 2.58. The molecule has 1 aromatic heterocycles. The van der Waals surface area contributed by atoms with Crippen molar-refractivity contribution in [2.24, 2.45) is 5.73 Å². The summed E-state index contributed by atoms with van der Waals surface area (Å²) in [7, 11) is -3.61. The summed E-state index contributed by atoms with van der Waals surface area (Å²) >= 11 is 0. The van der Waals surface area contributed by atoms with Crippen LogP contribution in [0.2, 0.25) is 0 Å². The van der Waals surface area contributed by atoms with Crippen molar-refractivity contribution >= 4 is 21.6 Å². The van der Waals surface area contributed by atoms with Gasteiger partial charge in [0.25, 0.3) is 0 Å². The van der Waals surface area contributed by atoms with E-state index in [1.165, 1.54) is 12.4 Å². The van der Waals surface area contributed by atoms with Crippen molar-refractivity contribution in [3.05, 3.63) is 18.5 Å². The topological polar surface area (TPSA) is 114 Å². The van der Waals surface area contributed by atoms with Gasteiger partial charge in [-0.3, -0.25) is 9.78 Å². The monoisotopic (exact) mass is 300 g/mol. The first-order valence-electron chi connectivity index (χ1n) is 6.43. The SMILES string of the molecule is CCNc1ccncc1S(=O)(=O)NCCCCC(N)=O. The Labute approximate surface area is 119 Å². The van der Waals surface area contributed by atoms with Gasteiger partial charge in [0.15, 0.2) is 0 Å². The van der Waals surface area contributed by atoms with E-state index in [1.807, 2.05) is 6.92 Å². The third-order valence-corrected chi connectivity index (χ3v) is 4.07. The Morgan fingerprint density at radius 2 is 2.15 bits per heavy atom. The molecule has 0 spiro atoms. The van der Waals surface area contributed by atoms with Crippen molar-refractivity contribution in [2.45, 2.75) is 31.1 Å². The van der Waals surface area contributed by atoms with Crippen LogP contribution in [-0.4, -0.2) is 32.4 Å². The average molecular weight is 300 g/mol. The lowest BCUT2D eigenvalue weighted by molar-refractivity contribution is -0.118. The van der Waals surface area contributed by atoms with Crippen LogP contribution in [-0.2, 0) is 14.8 Å². The number of aromatic nitrogens is 1. The maximum Gasteiger partial charge on any atom is 0.244 e. The van der Waals surface area contributed by atoms with E-state index in [1.54, 1.807) is 6.07 Å². The highest BCUT2D eigenvalue weighted by Crippen LogP contribution is 2.18. The fourth-order valence-electron chi connectivity index (χ4n) is 1.64. The molecule has 0 saturated heterocycles. The van der Waals surface area contributed by atoms with Gasteiger partial charge in [0.05, 0.1) is 5.69 Å².